The van der Waals surface area contributed by atoms with Crippen molar-refractivity contribution in [2.75, 3.05) is 0 Å². The number of sulfonamides is 1. The first kappa shape index (κ1) is 13.5. The number of hydrogen-bond donors (Lipinski definition) is 1. The molecule has 0 bridgehead atoms. The Kier molecular flexibility index (Phi) is 3.65. The van der Waals surface area contributed by atoms with Crippen LogP contribution in [0.3, 0.4) is 0 Å². The highest BCUT2D eigenvalue weighted by molar-refractivity contribution is 9.10. The van der Waals surface area contributed by atoms with Crippen LogP contribution < -0.4 is 4.72 Å². The predicted octanol–water partition coefficient (Wildman–Crippen LogP) is 2.54. The largest absolute Gasteiger partial charge is 0.417 e. The summed E-state index contributed by atoms with van der Waals surface area (Å²) in [6.45, 7) is 0. The lowest BCUT2D eigenvalue weighted by Crippen LogP contribution is -2.21. The van der Waals surface area contributed by atoms with Crippen molar-refractivity contribution in [1.29, 1.82) is 0 Å². The molecular weight excluding hydrogens is 311 g/mol. The predicted molar refractivity (Wildman–Crippen MR) is 54.8 cm³/mol. The van der Waals surface area contributed by atoms with Gasteiger partial charge in [-0.1, -0.05) is 15.9 Å². The molecule has 1 aromatic rings. The van der Waals surface area contributed by atoms with E-state index in [9.17, 15) is 21.6 Å². The third-order valence-corrected chi connectivity index (χ3v) is 3.53. The summed E-state index contributed by atoms with van der Waals surface area (Å²) in [5.41, 5.74) is -1.24. The standard InChI is InChI=1S/C8H6BrF3NO2S/c1-13-16(14,15)7-3-2-5(9)4-6(7)8(10,11)12/h2-4,13H,1H2. The number of benzene rings is 1. The van der Waals surface area contributed by atoms with Crippen molar-refractivity contribution in [1.82, 2.24) is 4.72 Å². The summed E-state index contributed by atoms with van der Waals surface area (Å²) < 4.78 is 62.0. The van der Waals surface area contributed by atoms with Gasteiger partial charge in [-0.3, -0.25) is 0 Å². The molecule has 1 rings (SSSR count). The van der Waals surface area contributed by atoms with Crippen LogP contribution >= 0.6 is 15.9 Å². The van der Waals surface area contributed by atoms with Crippen LogP contribution in [-0.2, 0) is 16.2 Å². The Hall–Kier alpha value is -0.600. The van der Waals surface area contributed by atoms with E-state index in [-0.39, 0.29) is 4.47 Å². The Morgan fingerprint density at radius 1 is 1.31 bits per heavy atom. The lowest BCUT2D eigenvalue weighted by Gasteiger charge is -2.12. The molecule has 89 valence electrons. The summed E-state index contributed by atoms with van der Waals surface area (Å²) in [6, 6.07) is 2.77. The van der Waals surface area contributed by atoms with E-state index in [1.807, 2.05) is 0 Å². The number of halogens is 4. The van der Waals surface area contributed by atoms with Crippen LogP contribution in [0.5, 0.6) is 0 Å². The van der Waals surface area contributed by atoms with E-state index in [1.165, 1.54) is 6.07 Å². The molecule has 0 heterocycles. The van der Waals surface area contributed by atoms with E-state index in [0.29, 0.717) is 6.07 Å². The molecule has 8 heteroatoms. The monoisotopic (exact) mass is 316 g/mol. The number of nitrogens with one attached hydrogen (secondary N) is 1. The molecule has 0 aliphatic rings. The minimum atomic E-state index is -4.75. The average molecular weight is 317 g/mol. The van der Waals surface area contributed by atoms with Crippen molar-refractivity contribution in [3.8, 4) is 0 Å². The van der Waals surface area contributed by atoms with Crippen LogP contribution in [0.15, 0.2) is 27.6 Å². The summed E-state index contributed by atoms with van der Waals surface area (Å²) >= 11 is 2.85. The van der Waals surface area contributed by atoms with Crippen molar-refractivity contribution in [2.45, 2.75) is 11.1 Å². The fourth-order valence-electron chi connectivity index (χ4n) is 1.04. The molecule has 0 aliphatic carbocycles. The fraction of sp³-hybridized carbons (Fsp3) is 0.125. The SMILES string of the molecule is [CH2]NS(=O)(=O)c1ccc(Br)cc1C(F)(F)F. The zero-order chi connectivity index (χ0) is 12.6. The lowest BCUT2D eigenvalue weighted by atomic mass is 10.2. The quantitative estimate of drug-likeness (QED) is 0.911. The van der Waals surface area contributed by atoms with E-state index in [0.717, 1.165) is 6.07 Å². The summed E-state index contributed by atoms with van der Waals surface area (Å²) in [7, 11) is -1.37. The summed E-state index contributed by atoms with van der Waals surface area (Å²) in [5, 5.41) is 0. The minimum absolute atomic E-state index is 0.142. The lowest BCUT2D eigenvalue weighted by molar-refractivity contribution is -0.139. The minimum Gasteiger partial charge on any atom is -0.210 e. The zero-order valence-corrected chi connectivity index (χ0v) is 10.1. The highest BCUT2D eigenvalue weighted by Gasteiger charge is 2.36. The van der Waals surface area contributed by atoms with Gasteiger partial charge in [-0.15, -0.1) is 0 Å². The van der Waals surface area contributed by atoms with E-state index in [1.54, 1.807) is 4.72 Å². The van der Waals surface area contributed by atoms with Gasteiger partial charge in [0.15, 0.2) is 0 Å². The molecular formula is C8H6BrF3NO2S. The molecule has 1 N–H and O–H groups in total. The molecule has 0 aromatic heterocycles. The van der Waals surface area contributed by atoms with E-state index in [2.05, 4.69) is 23.0 Å². The Morgan fingerprint density at radius 3 is 2.31 bits per heavy atom. The normalized spacial score (nSPS) is 12.8. The van der Waals surface area contributed by atoms with E-state index >= 15 is 0 Å². The molecule has 0 aliphatic heterocycles. The Balaban J connectivity index is 3.53. The Labute approximate surface area is 98.8 Å². The van der Waals surface area contributed by atoms with Gasteiger partial charge in [0, 0.05) is 11.5 Å². The van der Waals surface area contributed by atoms with Crippen LogP contribution in [0.2, 0.25) is 0 Å². The van der Waals surface area contributed by atoms with Crippen LogP contribution in [0, 0.1) is 7.05 Å². The third kappa shape index (κ3) is 2.74. The molecule has 3 nitrogen and oxygen atoms in total. The van der Waals surface area contributed by atoms with Crippen LogP contribution in [0.4, 0.5) is 13.2 Å². The van der Waals surface area contributed by atoms with Gasteiger partial charge in [0.05, 0.1) is 10.5 Å². The van der Waals surface area contributed by atoms with Gasteiger partial charge in [0.2, 0.25) is 10.0 Å². The highest BCUT2D eigenvalue weighted by atomic mass is 79.9. The van der Waals surface area contributed by atoms with Crippen molar-refractivity contribution < 1.29 is 21.6 Å². The molecule has 1 aromatic carbocycles. The van der Waals surface area contributed by atoms with Crippen LogP contribution in [0.25, 0.3) is 0 Å². The smallest absolute Gasteiger partial charge is 0.210 e. The fourth-order valence-corrected chi connectivity index (χ4v) is 2.26. The molecule has 0 fully saturated rings. The van der Waals surface area contributed by atoms with Gasteiger partial charge in [0.1, 0.15) is 0 Å². The van der Waals surface area contributed by atoms with Crippen LogP contribution in [0.1, 0.15) is 5.56 Å². The van der Waals surface area contributed by atoms with Crippen molar-refractivity contribution >= 4 is 26.0 Å². The van der Waals surface area contributed by atoms with Gasteiger partial charge in [-0.05, 0) is 18.2 Å². The van der Waals surface area contributed by atoms with Gasteiger partial charge in [-0.2, -0.15) is 13.2 Å². The second kappa shape index (κ2) is 4.34. The average Bonchev–Trinajstić information content (AvgIpc) is 2.16. The number of hydrogen-bond acceptors (Lipinski definition) is 2. The molecule has 0 unspecified atom stereocenters. The van der Waals surface area contributed by atoms with Crippen molar-refractivity contribution in [3.05, 3.63) is 35.3 Å². The second-order valence-electron chi connectivity index (χ2n) is 2.79. The molecule has 0 atom stereocenters. The van der Waals surface area contributed by atoms with Crippen molar-refractivity contribution in [3.63, 3.8) is 0 Å². The summed E-state index contributed by atoms with van der Waals surface area (Å²) in [4.78, 5) is -0.849. The Bertz CT molecular complexity index is 498. The maximum absolute atomic E-state index is 12.6. The molecule has 0 saturated carbocycles. The first-order valence-corrected chi connectivity index (χ1v) is 6.12. The van der Waals surface area contributed by atoms with E-state index in [4.69, 9.17) is 0 Å². The van der Waals surface area contributed by atoms with Gasteiger partial charge in [0.25, 0.3) is 0 Å². The molecule has 1 radical (unpaired) electrons. The summed E-state index contributed by atoms with van der Waals surface area (Å²) in [5.74, 6) is 0. The summed E-state index contributed by atoms with van der Waals surface area (Å²) in [6.07, 6.45) is -4.75. The number of alkyl halides is 3. The number of rotatable bonds is 2. The van der Waals surface area contributed by atoms with Crippen LogP contribution in [-0.4, -0.2) is 8.42 Å². The van der Waals surface area contributed by atoms with Gasteiger partial charge < -0.3 is 0 Å². The first-order valence-electron chi connectivity index (χ1n) is 3.84. The van der Waals surface area contributed by atoms with Crippen molar-refractivity contribution in [2.24, 2.45) is 0 Å². The topological polar surface area (TPSA) is 46.2 Å². The third-order valence-electron chi connectivity index (χ3n) is 1.73. The second-order valence-corrected chi connectivity index (χ2v) is 5.44. The van der Waals surface area contributed by atoms with Gasteiger partial charge >= 0.3 is 6.18 Å². The maximum atomic E-state index is 12.6. The zero-order valence-electron chi connectivity index (χ0n) is 7.68. The molecule has 0 amide bonds. The Morgan fingerprint density at radius 2 is 1.88 bits per heavy atom. The van der Waals surface area contributed by atoms with Gasteiger partial charge in [-0.25, -0.2) is 13.1 Å². The maximum Gasteiger partial charge on any atom is 0.417 e. The molecule has 0 saturated heterocycles. The highest BCUT2D eigenvalue weighted by Crippen LogP contribution is 2.35. The van der Waals surface area contributed by atoms with E-state index < -0.39 is 26.7 Å². The molecule has 16 heavy (non-hydrogen) atoms. The molecule has 0 spiro atoms. The first-order chi connectivity index (χ1) is 7.18.